The van der Waals surface area contributed by atoms with Crippen molar-refractivity contribution in [1.29, 1.82) is 5.26 Å². The van der Waals surface area contributed by atoms with Crippen LogP contribution in [0.15, 0.2) is 46.3 Å². The van der Waals surface area contributed by atoms with E-state index in [9.17, 15) is 4.79 Å². The van der Waals surface area contributed by atoms with Crippen molar-refractivity contribution in [2.45, 2.75) is 37.6 Å². The van der Waals surface area contributed by atoms with Gasteiger partial charge in [0.25, 0.3) is 0 Å². The fourth-order valence-electron chi connectivity index (χ4n) is 3.15. The van der Waals surface area contributed by atoms with E-state index < -0.39 is 0 Å². The number of nitrogens with one attached hydrogen (secondary N) is 1. The van der Waals surface area contributed by atoms with Gasteiger partial charge in [-0.2, -0.15) is 5.26 Å². The quantitative estimate of drug-likeness (QED) is 0.429. The third-order valence-corrected chi connectivity index (χ3v) is 5.98. The van der Waals surface area contributed by atoms with Crippen LogP contribution in [0.5, 0.6) is 0 Å². The molecule has 1 heterocycles. The van der Waals surface area contributed by atoms with Crippen LogP contribution >= 0.6 is 23.5 Å². The normalized spacial score (nSPS) is 10.7. The minimum atomic E-state index is -0.0683. The number of aromatic nitrogens is 1. The molecule has 0 saturated heterocycles. The molecule has 0 aliphatic carbocycles. The molecule has 0 bridgehead atoms. The van der Waals surface area contributed by atoms with Crippen molar-refractivity contribution in [3.8, 4) is 5.40 Å². The number of carbonyl (C=O) groups is 1. The number of thiocyanates is 1. The van der Waals surface area contributed by atoms with Crippen molar-refractivity contribution in [1.82, 2.24) is 4.98 Å². The molecule has 4 nitrogen and oxygen atoms in total. The van der Waals surface area contributed by atoms with Crippen LogP contribution in [0.4, 0.5) is 5.69 Å². The van der Waals surface area contributed by atoms with Gasteiger partial charge in [-0.3, -0.25) is 4.79 Å². The molecule has 142 valence electrons. The Morgan fingerprint density at radius 1 is 1.07 bits per heavy atom. The predicted molar refractivity (Wildman–Crippen MR) is 118 cm³/mol. The highest BCUT2D eigenvalue weighted by Crippen LogP contribution is 2.29. The van der Waals surface area contributed by atoms with Crippen molar-refractivity contribution in [3.63, 3.8) is 0 Å². The molecule has 3 rings (SSSR count). The van der Waals surface area contributed by atoms with E-state index in [0.717, 1.165) is 60.5 Å². The topological polar surface area (TPSA) is 65.8 Å². The van der Waals surface area contributed by atoms with Gasteiger partial charge in [0.2, 0.25) is 5.91 Å². The summed E-state index contributed by atoms with van der Waals surface area (Å²) in [6.07, 6.45) is 0. The fraction of sp³-hybridized carbons (Fsp3) is 0.227. The van der Waals surface area contributed by atoms with E-state index >= 15 is 0 Å². The summed E-state index contributed by atoms with van der Waals surface area (Å²) in [5.74, 6) is 0.221. The first-order valence-corrected chi connectivity index (χ1v) is 10.7. The largest absolute Gasteiger partial charge is 0.325 e. The van der Waals surface area contributed by atoms with E-state index in [0.29, 0.717) is 0 Å². The Morgan fingerprint density at radius 3 is 2.46 bits per heavy atom. The zero-order valence-electron chi connectivity index (χ0n) is 16.3. The van der Waals surface area contributed by atoms with Gasteiger partial charge in [-0.25, -0.2) is 4.98 Å². The van der Waals surface area contributed by atoms with Gasteiger partial charge in [0, 0.05) is 16.0 Å². The zero-order valence-corrected chi connectivity index (χ0v) is 17.9. The summed E-state index contributed by atoms with van der Waals surface area (Å²) in [6, 6.07) is 12.0. The summed E-state index contributed by atoms with van der Waals surface area (Å²) in [6.45, 7) is 8.00. The molecule has 0 unspecified atom stereocenters. The maximum absolute atomic E-state index is 12.5. The summed E-state index contributed by atoms with van der Waals surface area (Å²) >= 11 is 2.56. The van der Waals surface area contributed by atoms with Gasteiger partial charge in [0.15, 0.2) is 0 Å². The maximum Gasteiger partial charge on any atom is 0.234 e. The number of pyridine rings is 1. The molecule has 28 heavy (non-hydrogen) atoms. The average Bonchev–Trinajstić information content (AvgIpc) is 2.64. The van der Waals surface area contributed by atoms with Crippen LogP contribution in [0, 0.1) is 38.4 Å². The number of aryl methyl sites for hydroxylation is 4. The first-order valence-electron chi connectivity index (χ1n) is 8.86. The van der Waals surface area contributed by atoms with Crippen LogP contribution < -0.4 is 5.32 Å². The number of benzene rings is 2. The van der Waals surface area contributed by atoms with Gasteiger partial charge < -0.3 is 5.32 Å². The number of fused-ring (bicyclic) bond motifs is 1. The lowest BCUT2D eigenvalue weighted by Crippen LogP contribution is -2.16. The summed E-state index contributed by atoms with van der Waals surface area (Å²) in [4.78, 5) is 18.1. The van der Waals surface area contributed by atoms with E-state index in [-0.39, 0.29) is 11.7 Å². The van der Waals surface area contributed by atoms with Crippen LogP contribution in [-0.2, 0) is 4.79 Å². The summed E-state index contributed by atoms with van der Waals surface area (Å²) in [5.41, 5.74) is 6.00. The fourth-order valence-corrected chi connectivity index (χ4v) is 4.50. The number of thioether (sulfide) groups is 2. The highest BCUT2D eigenvalue weighted by molar-refractivity contribution is 8.03. The van der Waals surface area contributed by atoms with Gasteiger partial charge in [0.05, 0.1) is 16.3 Å². The van der Waals surface area contributed by atoms with E-state index in [4.69, 9.17) is 10.2 Å². The van der Waals surface area contributed by atoms with Gasteiger partial charge in [0.1, 0.15) is 5.40 Å². The van der Waals surface area contributed by atoms with E-state index in [2.05, 4.69) is 36.7 Å². The van der Waals surface area contributed by atoms with Crippen LogP contribution in [0.2, 0.25) is 0 Å². The molecule has 0 radical (unpaired) electrons. The molecule has 1 aromatic heterocycles. The first kappa shape index (κ1) is 20.2. The summed E-state index contributed by atoms with van der Waals surface area (Å²) in [5, 5.41) is 15.9. The molecule has 0 fully saturated rings. The van der Waals surface area contributed by atoms with Crippen LogP contribution in [0.1, 0.15) is 22.3 Å². The Kier molecular flexibility index (Phi) is 6.28. The number of hydrogen-bond donors (Lipinski definition) is 1. The third-order valence-electron chi connectivity index (χ3n) is 4.51. The molecule has 0 saturated carbocycles. The highest BCUT2D eigenvalue weighted by atomic mass is 32.2. The molecule has 3 aromatic rings. The van der Waals surface area contributed by atoms with Crippen molar-refractivity contribution < 1.29 is 4.79 Å². The SMILES string of the molecule is Cc1cc(SC#N)cc(C)c1NC(=O)CSc1cc(C)c2cccc(C)c2n1. The van der Waals surface area contributed by atoms with Crippen LogP contribution in [0.25, 0.3) is 10.9 Å². The number of carbonyl (C=O) groups excluding carboxylic acids is 1. The lowest BCUT2D eigenvalue weighted by Gasteiger charge is -2.13. The molecule has 6 heteroatoms. The molecule has 1 amide bonds. The zero-order chi connectivity index (χ0) is 20.3. The molecule has 1 N–H and O–H groups in total. The Balaban J connectivity index is 1.72. The number of hydrogen-bond acceptors (Lipinski definition) is 5. The van der Waals surface area contributed by atoms with E-state index in [1.54, 1.807) is 0 Å². The van der Waals surface area contributed by atoms with E-state index in [1.807, 2.05) is 38.1 Å². The number of rotatable bonds is 5. The molecule has 0 aliphatic rings. The maximum atomic E-state index is 12.5. The molecular weight excluding hydrogens is 386 g/mol. The third kappa shape index (κ3) is 4.49. The molecule has 2 aromatic carbocycles. The second-order valence-corrected chi connectivity index (χ2v) is 8.56. The van der Waals surface area contributed by atoms with Crippen molar-refractivity contribution in [3.05, 3.63) is 58.7 Å². The minimum Gasteiger partial charge on any atom is -0.325 e. The van der Waals surface area contributed by atoms with Crippen LogP contribution in [-0.4, -0.2) is 16.6 Å². The van der Waals surface area contributed by atoms with Gasteiger partial charge in [-0.05, 0) is 79.9 Å². The number of nitrogens with zero attached hydrogens (tertiary/aromatic N) is 2. The Morgan fingerprint density at radius 2 is 1.79 bits per heavy atom. The number of nitriles is 1. The molecule has 0 atom stereocenters. The second-order valence-electron chi connectivity index (χ2n) is 6.71. The first-order chi connectivity index (χ1) is 13.4. The predicted octanol–water partition coefficient (Wildman–Crippen LogP) is 5.77. The Hall–Kier alpha value is -2.49. The molecular formula is C22H21N3OS2. The highest BCUT2D eigenvalue weighted by Gasteiger charge is 2.12. The second kappa shape index (κ2) is 8.68. The van der Waals surface area contributed by atoms with Crippen molar-refractivity contribution in [2.75, 3.05) is 11.1 Å². The standard InChI is InChI=1S/C22H21N3OS2/c1-13-6-5-7-18-14(2)10-20(25-22(13)18)27-11-19(26)24-21-15(3)8-17(28-12-23)9-16(21)4/h5-10H,11H2,1-4H3,(H,24,26). The Labute approximate surface area is 173 Å². The number of para-hydroxylation sites is 1. The van der Waals surface area contributed by atoms with Crippen LogP contribution in [0.3, 0.4) is 0 Å². The van der Waals surface area contributed by atoms with E-state index in [1.165, 1.54) is 11.8 Å². The van der Waals surface area contributed by atoms with Gasteiger partial charge in [-0.15, -0.1) is 0 Å². The molecule has 0 aliphatic heterocycles. The smallest absolute Gasteiger partial charge is 0.234 e. The lowest BCUT2D eigenvalue weighted by molar-refractivity contribution is -0.113. The Bertz CT molecular complexity index is 1080. The number of amides is 1. The minimum absolute atomic E-state index is 0.0683. The lowest BCUT2D eigenvalue weighted by atomic mass is 10.1. The van der Waals surface area contributed by atoms with Crippen molar-refractivity contribution >= 4 is 46.0 Å². The van der Waals surface area contributed by atoms with Gasteiger partial charge >= 0.3 is 0 Å². The monoisotopic (exact) mass is 407 g/mol. The molecule has 0 spiro atoms. The van der Waals surface area contributed by atoms with Crippen molar-refractivity contribution in [2.24, 2.45) is 0 Å². The summed E-state index contributed by atoms with van der Waals surface area (Å²) < 4.78 is 0. The van der Waals surface area contributed by atoms with Gasteiger partial charge in [-0.1, -0.05) is 30.0 Å². The summed E-state index contributed by atoms with van der Waals surface area (Å²) in [7, 11) is 0. The number of anilines is 1. The average molecular weight is 408 g/mol.